The number of amides is 1. The number of nitro groups is 1. The Balaban J connectivity index is 1.86. The Bertz CT molecular complexity index is 840. The van der Waals surface area contributed by atoms with Crippen LogP contribution in [0.1, 0.15) is 5.56 Å². The molecule has 0 radical (unpaired) electrons. The van der Waals surface area contributed by atoms with Crippen molar-refractivity contribution in [2.75, 3.05) is 10.6 Å². The summed E-state index contributed by atoms with van der Waals surface area (Å²) in [5.74, 6) is -0.235. The van der Waals surface area contributed by atoms with E-state index in [9.17, 15) is 14.9 Å². The van der Waals surface area contributed by atoms with Crippen LogP contribution in [0, 0.1) is 10.1 Å². The van der Waals surface area contributed by atoms with Gasteiger partial charge in [0.1, 0.15) is 0 Å². The Morgan fingerprint density at radius 1 is 0.957 bits per heavy atom. The molecule has 6 heteroatoms. The molecule has 0 atom stereocenters. The molecule has 0 bridgehead atoms. The fraction of sp³-hybridized carbons (Fsp3) is 0. The third kappa shape index (κ3) is 3.44. The van der Waals surface area contributed by atoms with Gasteiger partial charge in [-0.25, -0.2) is 0 Å². The SMILES string of the molecule is O=C1C=C(C=Cc2cccc([N+](=O)[O-])c2)Nc2ccccc2N1. The Morgan fingerprint density at radius 3 is 2.43 bits per heavy atom. The van der Waals surface area contributed by atoms with Gasteiger partial charge in [-0.3, -0.25) is 14.9 Å². The number of allylic oxidation sites excluding steroid dienone is 1. The number of nitrogens with zero attached hydrogens (tertiary/aromatic N) is 1. The van der Waals surface area contributed by atoms with Gasteiger partial charge in [-0.15, -0.1) is 0 Å². The first kappa shape index (κ1) is 14.5. The van der Waals surface area contributed by atoms with Gasteiger partial charge < -0.3 is 10.6 Å². The maximum Gasteiger partial charge on any atom is 0.270 e. The predicted molar refractivity (Wildman–Crippen MR) is 88.9 cm³/mol. The Hall–Kier alpha value is -3.41. The van der Waals surface area contributed by atoms with Gasteiger partial charge in [-0.05, 0) is 23.8 Å². The fourth-order valence-corrected chi connectivity index (χ4v) is 2.22. The number of carbonyl (C=O) groups excluding carboxylic acids is 1. The van der Waals surface area contributed by atoms with Crippen molar-refractivity contribution < 1.29 is 9.72 Å². The summed E-state index contributed by atoms with van der Waals surface area (Å²) in [6.45, 7) is 0. The van der Waals surface area contributed by atoms with Crippen molar-refractivity contribution in [1.29, 1.82) is 0 Å². The number of benzene rings is 2. The number of para-hydroxylation sites is 2. The van der Waals surface area contributed by atoms with E-state index in [-0.39, 0.29) is 11.6 Å². The third-order valence-corrected chi connectivity index (χ3v) is 3.29. The zero-order valence-electron chi connectivity index (χ0n) is 12.0. The van der Waals surface area contributed by atoms with Gasteiger partial charge in [0.25, 0.3) is 11.6 Å². The molecule has 23 heavy (non-hydrogen) atoms. The number of nitrogens with one attached hydrogen (secondary N) is 2. The molecule has 3 rings (SSSR count). The van der Waals surface area contributed by atoms with Gasteiger partial charge in [-0.1, -0.05) is 30.3 Å². The molecule has 0 saturated heterocycles. The third-order valence-electron chi connectivity index (χ3n) is 3.29. The molecular weight excluding hydrogens is 294 g/mol. The van der Waals surface area contributed by atoms with Gasteiger partial charge in [0.15, 0.2) is 0 Å². The average Bonchev–Trinajstić information content (AvgIpc) is 2.70. The first-order chi connectivity index (χ1) is 11.1. The second-order valence-corrected chi connectivity index (χ2v) is 4.94. The molecule has 2 aromatic carbocycles. The second-order valence-electron chi connectivity index (χ2n) is 4.94. The van der Waals surface area contributed by atoms with E-state index in [1.54, 1.807) is 30.4 Å². The lowest BCUT2D eigenvalue weighted by atomic mass is 10.1. The molecule has 1 aliphatic rings. The smallest absolute Gasteiger partial charge is 0.270 e. The van der Waals surface area contributed by atoms with Crippen LogP contribution in [0.3, 0.4) is 0 Å². The van der Waals surface area contributed by atoms with Crippen LogP contribution in [-0.2, 0) is 4.79 Å². The number of fused-ring (bicyclic) bond motifs is 1. The van der Waals surface area contributed by atoms with Crippen molar-refractivity contribution in [3.8, 4) is 0 Å². The lowest BCUT2D eigenvalue weighted by Crippen LogP contribution is -2.06. The number of hydrogen-bond acceptors (Lipinski definition) is 4. The van der Waals surface area contributed by atoms with E-state index >= 15 is 0 Å². The van der Waals surface area contributed by atoms with E-state index in [4.69, 9.17) is 0 Å². The maximum absolute atomic E-state index is 11.9. The van der Waals surface area contributed by atoms with Gasteiger partial charge in [0.05, 0.1) is 16.3 Å². The first-order valence-corrected chi connectivity index (χ1v) is 6.93. The van der Waals surface area contributed by atoms with Crippen LogP contribution in [0.4, 0.5) is 17.1 Å². The molecule has 6 nitrogen and oxygen atoms in total. The second kappa shape index (κ2) is 6.15. The topological polar surface area (TPSA) is 84.3 Å². The molecule has 1 amide bonds. The van der Waals surface area contributed by atoms with Crippen molar-refractivity contribution in [2.24, 2.45) is 0 Å². The van der Waals surface area contributed by atoms with E-state index in [1.165, 1.54) is 18.2 Å². The van der Waals surface area contributed by atoms with Crippen molar-refractivity contribution in [2.45, 2.75) is 0 Å². The van der Waals surface area contributed by atoms with E-state index in [0.717, 1.165) is 5.69 Å². The van der Waals surface area contributed by atoms with Gasteiger partial charge in [-0.2, -0.15) is 0 Å². The van der Waals surface area contributed by atoms with Crippen molar-refractivity contribution in [3.05, 3.63) is 82.1 Å². The number of non-ortho nitro benzene ring substituents is 1. The van der Waals surface area contributed by atoms with Crippen molar-refractivity contribution in [1.82, 2.24) is 0 Å². The van der Waals surface area contributed by atoms with Crippen LogP contribution in [0.2, 0.25) is 0 Å². The van der Waals surface area contributed by atoms with Crippen LogP contribution >= 0.6 is 0 Å². The highest BCUT2D eigenvalue weighted by atomic mass is 16.6. The van der Waals surface area contributed by atoms with E-state index in [0.29, 0.717) is 16.9 Å². The number of nitro benzene ring substituents is 1. The number of anilines is 2. The van der Waals surface area contributed by atoms with E-state index in [1.807, 2.05) is 18.2 Å². The Kier molecular flexibility index (Phi) is 3.88. The normalized spacial score (nSPS) is 13.6. The van der Waals surface area contributed by atoms with Crippen LogP contribution < -0.4 is 10.6 Å². The summed E-state index contributed by atoms with van der Waals surface area (Å²) in [6, 6.07) is 13.7. The number of hydrogen-bond donors (Lipinski definition) is 2. The highest BCUT2D eigenvalue weighted by Crippen LogP contribution is 2.25. The summed E-state index contributed by atoms with van der Waals surface area (Å²) in [6.07, 6.45) is 4.86. The van der Waals surface area contributed by atoms with Crippen LogP contribution in [0.25, 0.3) is 6.08 Å². The molecular formula is C17H13N3O3. The zero-order valence-corrected chi connectivity index (χ0v) is 12.0. The molecule has 2 aromatic rings. The molecule has 1 heterocycles. The molecule has 0 aliphatic carbocycles. The molecule has 0 fully saturated rings. The highest BCUT2D eigenvalue weighted by molar-refractivity contribution is 6.04. The summed E-state index contributed by atoms with van der Waals surface area (Å²) in [7, 11) is 0. The number of rotatable bonds is 3. The summed E-state index contributed by atoms with van der Waals surface area (Å²) in [4.78, 5) is 22.2. The Morgan fingerprint density at radius 2 is 1.70 bits per heavy atom. The van der Waals surface area contributed by atoms with Crippen molar-refractivity contribution in [3.63, 3.8) is 0 Å². The summed E-state index contributed by atoms with van der Waals surface area (Å²) >= 11 is 0. The van der Waals surface area contributed by atoms with Gasteiger partial charge >= 0.3 is 0 Å². The molecule has 2 N–H and O–H groups in total. The number of carbonyl (C=O) groups is 1. The molecule has 0 aromatic heterocycles. The van der Waals surface area contributed by atoms with Crippen LogP contribution in [-0.4, -0.2) is 10.8 Å². The average molecular weight is 307 g/mol. The van der Waals surface area contributed by atoms with E-state index in [2.05, 4.69) is 10.6 Å². The minimum atomic E-state index is -0.440. The minimum absolute atomic E-state index is 0.0260. The van der Waals surface area contributed by atoms with E-state index < -0.39 is 4.92 Å². The van der Waals surface area contributed by atoms with Crippen LogP contribution in [0.5, 0.6) is 0 Å². The Labute approximate surface area is 132 Å². The minimum Gasteiger partial charge on any atom is -0.354 e. The van der Waals surface area contributed by atoms with Crippen molar-refractivity contribution >= 4 is 29.0 Å². The summed E-state index contributed by atoms with van der Waals surface area (Å²) < 4.78 is 0. The summed E-state index contributed by atoms with van der Waals surface area (Å²) in [5, 5.41) is 16.7. The zero-order chi connectivity index (χ0) is 16.2. The molecule has 114 valence electrons. The lowest BCUT2D eigenvalue weighted by Gasteiger charge is -2.08. The predicted octanol–water partition coefficient (Wildman–Crippen LogP) is 3.56. The van der Waals surface area contributed by atoms with Gasteiger partial charge in [0.2, 0.25) is 0 Å². The molecule has 1 aliphatic heterocycles. The van der Waals surface area contributed by atoms with Gasteiger partial charge in [0, 0.05) is 23.9 Å². The fourth-order valence-electron chi connectivity index (χ4n) is 2.22. The summed E-state index contributed by atoms with van der Waals surface area (Å²) in [5.41, 5.74) is 2.79. The monoisotopic (exact) mass is 307 g/mol. The maximum atomic E-state index is 11.9. The molecule has 0 unspecified atom stereocenters. The molecule has 0 saturated carbocycles. The highest BCUT2D eigenvalue weighted by Gasteiger charge is 2.11. The standard InChI is InChI=1S/C17H13N3O3/c21-17-11-13(18-15-6-1-2-7-16(15)19-17)9-8-12-4-3-5-14(10-12)20(22)23/h1-11,18H,(H,19,21). The lowest BCUT2D eigenvalue weighted by molar-refractivity contribution is -0.384. The molecule has 0 spiro atoms. The first-order valence-electron chi connectivity index (χ1n) is 6.93. The van der Waals surface area contributed by atoms with Crippen LogP contribution in [0.15, 0.2) is 66.4 Å². The largest absolute Gasteiger partial charge is 0.354 e. The quantitative estimate of drug-likeness (QED) is 0.671.